The van der Waals surface area contributed by atoms with E-state index in [1.165, 1.54) is 16.2 Å². The predicted octanol–water partition coefficient (Wildman–Crippen LogP) is 4.17. The second kappa shape index (κ2) is 11.5. The minimum absolute atomic E-state index is 0.0790. The fraction of sp³-hybridized carbons (Fsp3) is 0.375. The summed E-state index contributed by atoms with van der Waals surface area (Å²) in [4.78, 5) is 30.9. The molecule has 1 fully saturated rings. The van der Waals surface area contributed by atoms with Gasteiger partial charge >= 0.3 is 6.18 Å². The van der Waals surface area contributed by atoms with Gasteiger partial charge in [-0.15, -0.1) is 22.7 Å². The van der Waals surface area contributed by atoms with Crippen molar-refractivity contribution < 1.29 is 33.0 Å². The lowest BCUT2D eigenvalue weighted by molar-refractivity contribution is -0.153. The zero-order valence-corrected chi connectivity index (χ0v) is 21.6. The van der Waals surface area contributed by atoms with Gasteiger partial charge in [0, 0.05) is 21.8 Å². The molecule has 3 heterocycles. The van der Waals surface area contributed by atoms with Gasteiger partial charge in [0.05, 0.1) is 12.6 Å². The van der Waals surface area contributed by atoms with E-state index in [1.807, 2.05) is 29.6 Å². The Bertz CT molecular complexity index is 1270. The van der Waals surface area contributed by atoms with Gasteiger partial charge in [-0.1, -0.05) is 29.8 Å². The molecule has 0 aliphatic carbocycles. The maximum atomic E-state index is 12.9. The van der Waals surface area contributed by atoms with Crippen LogP contribution in [-0.2, 0) is 28.7 Å². The molecule has 37 heavy (non-hydrogen) atoms. The first kappa shape index (κ1) is 27.5. The molecule has 13 heteroatoms. The highest BCUT2D eigenvalue weighted by Crippen LogP contribution is 2.37. The zero-order chi connectivity index (χ0) is 26.7. The van der Waals surface area contributed by atoms with Crippen LogP contribution in [0.1, 0.15) is 45.6 Å². The molecule has 0 spiro atoms. The Labute approximate surface area is 223 Å². The van der Waals surface area contributed by atoms with Crippen molar-refractivity contribution in [1.82, 2.24) is 15.2 Å². The van der Waals surface area contributed by atoms with E-state index < -0.39 is 41.9 Å². The number of aliphatic hydroxyl groups is 2. The molecule has 3 aromatic rings. The van der Waals surface area contributed by atoms with E-state index in [4.69, 9.17) is 11.6 Å². The lowest BCUT2D eigenvalue weighted by Crippen LogP contribution is -2.50. The third-order valence-corrected chi connectivity index (χ3v) is 8.25. The number of thiophene rings is 1. The summed E-state index contributed by atoms with van der Waals surface area (Å²) in [7, 11) is 0. The fourth-order valence-corrected chi connectivity index (χ4v) is 6.06. The van der Waals surface area contributed by atoms with E-state index in [1.54, 1.807) is 6.07 Å². The Morgan fingerprint density at radius 1 is 1.19 bits per heavy atom. The number of amides is 2. The van der Waals surface area contributed by atoms with Gasteiger partial charge in [-0.25, -0.2) is 4.98 Å². The van der Waals surface area contributed by atoms with Crippen molar-refractivity contribution >= 4 is 46.1 Å². The molecule has 1 aliphatic heterocycles. The van der Waals surface area contributed by atoms with Gasteiger partial charge in [0.1, 0.15) is 5.01 Å². The van der Waals surface area contributed by atoms with Gasteiger partial charge in [0.25, 0.3) is 11.8 Å². The topological polar surface area (TPSA) is 103 Å². The Balaban J connectivity index is 1.33. The first-order valence-electron chi connectivity index (χ1n) is 11.3. The maximum absolute atomic E-state index is 12.9. The van der Waals surface area contributed by atoms with Gasteiger partial charge in [-0.2, -0.15) is 13.2 Å². The number of alkyl halides is 3. The van der Waals surface area contributed by atoms with E-state index in [-0.39, 0.29) is 18.1 Å². The summed E-state index contributed by atoms with van der Waals surface area (Å²) in [6, 6.07) is 8.59. The molecule has 2 amide bonds. The minimum Gasteiger partial charge on any atom is -0.380 e. The SMILES string of the molecule is O=C(NCc1cc(Cc2ccccc2Cl)cs1)[C@H](O)[C@@H](O)C(=O)N1CCC[C@@H]1c1nc(C(F)(F)F)cs1. The van der Waals surface area contributed by atoms with Crippen LogP contribution in [0.2, 0.25) is 5.02 Å². The number of hydrogen-bond donors (Lipinski definition) is 3. The quantitative estimate of drug-likeness (QED) is 0.375. The van der Waals surface area contributed by atoms with E-state index in [0.717, 1.165) is 32.7 Å². The molecule has 3 N–H and O–H groups in total. The van der Waals surface area contributed by atoms with Crippen LogP contribution in [0.4, 0.5) is 13.2 Å². The highest BCUT2D eigenvalue weighted by molar-refractivity contribution is 7.10. The molecular formula is C24H23ClF3N3O4S2. The summed E-state index contributed by atoms with van der Waals surface area (Å²) in [5, 5.41) is 26.8. The summed E-state index contributed by atoms with van der Waals surface area (Å²) in [6.45, 7) is 0.245. The fourth-order valence-electron chi connectivity index (χ4n) is 4.06. The Morgan fingerprint density at radius 3 is 2.65 bits per heavy atom. The first-order chi connectivity index (χ1) is 17.5. The van der Waals surface area contributed by atoms with Crippen molar-refractivity contribution in [2.75, 3.05) is 6.54 Å². The van der Waals surface area contributed by atoms with E-state index >= 15 is 0 Å². The van der Waals surface area contributed by atoms with Crippen molar-refractivity contribution in [2.24, 2.45) is 0 Å². The number of halogens is 4. The Morgan fingerprint density at radius 2 is 1.95 bits per heavy atom. The van der Waals surface area contributed by atoms with Gasteiger partial charge < -0.3 is 20.4 Å². The second-order valence-electron chi connectivity index (χ2n) is 8.56. The van der Waals surface area contributed by atoms with Crippen LogP contribution in [0.25, 0.3) is 0 Å². The number of rotatable bonds is 8. The lowest BCUT2D eigenvalue weighted by Gasteiger charge is -2.27. The third-order valence-electron chi connectivity index (χ3n) is 5.95. The summed E-state index contributed by atoms with van der Waals surface area (Å²) < 4.78 is 38.8. The Kier molecular flexibility index (Phi) is 8.54. The average Bonchev–Trinajstić information content (AvgIpc) is 3.62. The van der Waals surface area contributed by atoms with Gasteiger partial charge in [-0.3, -0.25) is 9.59 Å². The molecular weight excluding hydrogens is 551 g/mol. The van der Waals surface area contributed by atoms with Crippen LogP contribution >= 0.6 is 34.3 Å². The van der Waals surface area contributed by atoms with Crippen LogP contribution in [0.3, 0.4) is 0 Å². The number of hydrogen-bond acceptors (Lipinski definition) is 7. The molecule has 0 unspecified atom stereocenters. The molecule has 2 aromatic heterocycles. The number of aliphatic hydroxyl groups excluding tert-OH is 2. The van der Waals surface area contributed by atoms with E-state index in [2.05, 4.69) is 10.3 Å². The number of carbonyl (C=O) groups is 2. The molecule has 0 radical (unpaired) electrons. The van der Waals surface area contributed by atoms with Gasteiger partial charge in [0.15, 0.2) is 17.9 Å². The van der Waals surface area contributed by atoms with Gasteiger partial charge in [0.2, 0.25) is 0 Å². The number of benzene rings is 1. The second-order valence-corrected chi connectivity index (χ2v) is 10.8. The lowest BCUT2D eigenvalue weighted by atomic mass is 10.1. The number of nitrogens with zero attached hydrogens (tertiary/aromatic N) is 2. The van der Waals surface area contributed by atoms with Crippen LogP contribution in [0.5, 0.6) is 0 Å². The molecule has 4 rings (SSSR count). The molecule has 3 atom stereocenters. The van der Waals surface area contributed by atoms with Gasteiger partial charge in [-0.05, 0) is 47.9 Å². The summed E-state index contributed by atoms with van der Waals surface area (Å²) in [5.74, 6) is -1.88. The van der Waals surface area contributed by atoms with Crippen LogP contribution in [0.15, 0.2) is 41.1 Å². The molecule has 1 saturated heterocycles. The number of thiazole rings is 1. The van der Waals surface area contributed by atoms with Crippen LogP contribution in [0, 0.1) is 0 Å². The highest BCUT2D eigenvalue weighted by atomic mass is 35.5. The number of carbonyl (C=O) groups excluding carboxylic acids is 2. The molecule has 1 aliphatic rings. The van der Waals surface area contributed by atoms with E-state index in [9.17, 15) is 33.0 Å². The monoisotopic (exact) mass is 573 g/mol. The maximum Gasteiger partial charge on any atom is 0.434 e. The van der Waals surface area contributed by atoms with E-state index in [0.29, 0.717) is 24.3 Å². The zero-order valence-electron chi connectivity index (χ0n) is 19.2. The van der Waals surface area contributed by atoms with Crippen molar-refractivity contribution in [3.63, 3.8) is 0 Å². The molecule has 0 saturated carbocycles. The van der Waals surface area contributed by atoms with Crippen LogP contribution < -0.4 is 5.32 Å². The summed E-state index contributed by atoms with van der Waals surface area (Å²) in [6.07, 6.45) is -7.25. The molecule has 0 bridgehead atoms. The number of aromatic nitrogens is 1. The summed E-state index contributed by atoms with van der Waals surface area (Å²) in [5.41, 5.74) is 0.909. The Hall–Kier alpha value is -2.51. The number of likely N-dealkylation sites (tertiary alicyclic amines) is 1. The molecule has 1 aromatic carbocycles. The van der Waals surface area contributed by atoms with Crippen LogP contribution in [-0.4, -0.2) is 50.7 Å². The summed E-state index contributed by atoms with van der Waals surface area (Å²) >= 11 is 8.38. The minimum atomic E-state index is -4.60. The molecule has 7 nitrogen and oxygen atoms in total. The smallest absolute Gasteiger partial charge is 0.380 e. The normalized spacial score (nSPS) is 17.6. The predicted molar refractivity (Wildman–Crippen MR) is 133 cm³/mol. The van der Waals surface area contributed by atoms with Crippen molar-refractivity contribution in [2.45, 2.75) is 50.2 Å². The third kappa shape index (κ3) is 6.50. The molecule has 198 valence electrons. The number of nitrogens with one attached hydrogen (secondary N) is 1. The van der Waals surface area contributed by atoms with Crippen molar-refractivity contribution in [3.8, 4) is 0 Å². The first-order valence-corrected chi connectivity index (χ1v) is 13.4. The standard InChI is InChI=1S/C24H23ClF3N3O4S2/c25-16-5-2-1-4-14(16)8-13-9-15(36-11-13)10-29-21(34)19(32)20(33)23(35)31-7-3-6-17(31)22-30-18(12-37-22)24(26,27)28/h1-2,4-5,9,11-12,17,19-20,32-33H,3,6-8,10H2,(H,29,34)/t17-,19-,20-/m1/s1. The van der Waals surface area contributed by atoms with Crippen molar-refractivity contribution in [1.29, 1.82) is 0 Å². The average molecular weight is 574 g/mol. The van der Waals surface area contributed by atoms with Crippen molar-refractivity contribution in [3.05, 3.63) is 72.8 Å². The highest BCUT2D eigenvalue weighted by Gasteiger charge is 2.41. The largest absolute Gasteiger partial charge is 0.434 e.